The summed E-state index contributed by atoms with van der Waals surface area (Å²) in [5, 5.41) is 3.95. The van der Waals surface area contributed by atoms with Crippen LogP contribution in [0.2, 0.25) is 5.02 Å². The summed E-state index contributed by atoms with van der Waals surface area (Å²) < 4.78 is 1.96. The van der Waals surface area contributed by atoms with Gasteiger partial charge in [-0.25, -0.2) is 4.98 Å². The van der Waals surface area contributed by atoms with Crippen molar-refractivity contribution >= 4 is 40.9 Å². The van der Waals surface area contributed by atoms with Crippen LogP contribution in [0.1, 0.15) is 6.92 Å². The summed E-state index contributed by atoms with van der Waals surface area (Å²) in [5.74, 6) is -0.202. The quantitative estimate of drug-likeness (QED) is 0.765. The molecule has 24 heavy (non-hydrogen) atoms. The number of benzene rings is 1. The molecule has 0 fully saturated rings. The number of nitrogens with one attached hydrogen (secondary N) is 1. The minimum absolute atomic E-state index is 0.0349. The monoisotopic (exact) mass is 366 g/mol. The van der Waals surface area contributed by atoms with Crippen molar-refractivity contribution in [2.24, 2.45) is 0 Å². The van der Waals surface area contributed by atoms with Crippen molar-refractivity contribution in [2.45, 2.75) is 18.6 Å². The first-order valence-electron chi connectivity index (χ1n) is 7.43. The Hall–Kier alpha value is -1.99. The van der Waals surface area contributed by atoms with Crippen LogP contribution in [0.4, 0.5) is 5.69 Å². The summed E-state index contributed by atoms with van der Waals surface area (Å²) in [6.45, 7) is 2.78. The highest BCUT2D eigenvalue weighted by Gasteiger charge is 2.15. The molecule has 0 spiro atoms. The number of para-hydroxylation sites is 1. The molecule has 2 aromatic rings. The predicted molar refractivity (Wildman–Crippen MR) is 96.3 cm³/mol. The number of amides is 2. The molecule has 1 aromatic carbocycles. The van der Waals surface area contributed by atoms with Crippen molar-refractivity contribution in [3.05, 3.63) is 41.7 Å². The Bertz CT molecular complexity index is 720. The second-order valence-corrected chi connectivity index (χ2v) is 6.41. The topological polar surface area (TPSA) is 67.2 Å². The van der Waals surface area contributed by atoms with Crippen molar-refractivity contribution in [1.29, 1.82) is 0 Å². The lowest BCUT2D eigenvalue weighted by molar-refractivity contribution is -0.131. The van der Waals surface area contributed by atoms with Gasteiger partial charge in [0.15, 0.2) is 5.16 Å². The van der Waals surface area contributed by atoms with Crippen molar-refractivity contribution in [1.82, 2.24) is 14.5 Å². The summed E-state index contributed by atoms with van der Waals surface area (Å²) in [6.07, 6.45) is 3.57. The van der Waals surface area contributed by atoms with Gasteiger partial charge in [0.2, 0.25) is 11.8 Å². The zero-order valence-corrected chi connectivity index (χ0v) is 15.1. The second kappa shape index (κ2) is 8.75. The Morgan fingerprint density at radius 2 is 2.12 bits per heavy atom. The largest absolute Gasteiger partial charge is 0.336 e. The molecule has 6 nitrogen and oxygen atoms in total. The summed E-state index contributed by atoms with van der Waals surface area (Å²) in [6, 6.07) is 6.97. The molecule has 0 saturated carbocycles. The number of imidazole rings is 1. The van der Waals surface area contributed by atoms with Crippen LogP contribution in [-0.4, -0.2) is 45.6 Å². The molecule has 2 amide bonds. The molecule has 1 heterocycles. The molecule has 0 aliphatic carbocycles. The summed E-state index contributed by atoms with van der Waals surface area (Å²) in [4.78, 5) is 29.8. The lowest BCUT2D eigenvalue weighted by atomic mass is 10.3. The van der Waals surface area contributed by atoms with Gasteiger partial charge in [-0.2, -0.15) is 0 Å². The van der Waals surface area contributed by atoms with Gasteiger partial charge in [-0.15, -0.1) is 0 Å². The van der Waals surface area contributed by atoms with Crippen LogP contribution in [0.3, 0.4) is 0 Å². The average molecular weight is 367 g/mol. The first kappa shape index (κ1) is 18.4. The van der Waals surface area contributed by atoms with Crippen molar-refractivity contribution in [3.63, 3.8) is 0 Å². The summed E-state index contributed by atoms with van der Waals surface area (Å²) in [7, 11) is 1.60. The third kappa shape index (κ3) is 5.01. The number of anilines is 1. The van der Waals surface area contributed by atoms with E-state index in [-0.39, 0.29) is 24.1 Å². The number of thioether (sulfide) groups is 1. The van der Waals surface area contributed by atoms with Crippen LogP contribution >= 0.6 is 23.4 Å². The molecule has 0 unspecified atom stereocenters. The number of halogens is 1. The third-order valence-corrected chi connectivity index (χ3v) is 4.62. The summed E-state index contributed by atoms with van der Waals surface area (Å²) in [5.41, 5.74) is 0.532. The Kier molecular flexibility index (Phi) is 6.69. The van der Waals surface area contributed by atoms with Crippen LogP contribution in [0.15, 0.2) is 41.8 Å². The number of carbonyl (C=O) groups excluding carboxylic acids is 2. The lowest BCUT2D eigenvalue weighted by Gasteiger charge is -2.17. The van der Waals surface area contributed by atoms with E-state index in [4.69, 9.17) is 11.6 Å². The van der Waals surface area contributed by atoms with E-state index in [0.29, 0.717) is 10.7 Å². The Balaban J connectivity index is 1.83. The highest BCUT2D eigenvalue weighted by molar-refractivity contribution is 7.99. The highest BCUT2D eigenvalue weighted by Crippen LogP contribution is 2.20. The molecule has 1 aromatic heterocycles. The van der Waals surface area contributed by atoms with Gasteiger partial charge in [-0.1, -0.05) is 35.5 Å². The van der Waals surface area contributed by atoms with Crippen LogP contribution in [0, 0.1) is 0 Å². The standard InChI is InChI=1S/C16H19ClN4O2S/c1-3-21-9-8-18-16(21)24-11-15(23)20(2)10-14(22)19-13-7-5-4-6-12(13)17/h4-9H,3,10-11H2,1-2H3,(H,19,22). The molecular formula is C16H19ClN4O2S. The van der Waals surface area contributed by atoms with Gasteiger partial charge < -0.3 is 14.8 Å². The number of likely N-dealkylation sites (N-methyl/N-ethyl adjacent to an activating group) is 1. The molecule has 0 atom stereocenters. The fourth-order valence-electron chi connectivity index (χ4n) is 1.97. The zero-order valence-electron chi connectivity index (χ0n) is 13.5. The molecule has 0 bridgehead atoms. The van der Waals surface area contributed by atoms with E-state index in [1.807, 2.05) is 17.7 Å². The Morgan fingerprint density at radius 1 is 1.38 bits per heavy atom. The molecule has 0 saturated heterocycles. The first-order chi connectivity index (χ1) is 11.5. The van der Waals surface area contributed by atoms with E-state index < -0.39 is 0 Å². The van der Waals surface area contributed by atoms with E-state index >= 15 is 0 Å². The van der Waals surface area contributed by atoms with E-state index in [0.717, 1.165) is 11.7 Å². The number of aryl methyl sites for hydroxylation is 1. The number of aromatic nitrogens is 2. The van der Waals surface area contributed by atoms with E-state index in [9.17, 15) is 9.59 Å². The molecular weight excluding hydrogens is 348 g/mol. The fraction of sp³-hybridized carbons (Fsp3) is 0.312. The predicted octanol–water partition coefficient (Wildman–Crippen LogP) is 2.75. The Morgan fingerprint density at radius 3 is 2.83 bits per heavy atom. The van der Waals surface area contributed by atoms with Gasteiger partial charge >= 0.3 is 0 Å². The minimum Gasteiger partial charge on any atom is -0.336 e. The molecule has 0 aliphatic heterocycles. The molecule has 1 N–H and O–H groups in total. The first-order valence-corrected chi connectivity index (χ1v) is 8.80. The number of carbonyl (C=O) groups is 2. The SMILES string of the molecule is CCn1ccnc1SCC(=O)N(C)CC(=O)Nc1ccccc1Cl. The molecule has 8 heteroatoms. The van der Waals surface area contributed by atoms with Crippen LogP contribution in [0.25, 0.3) is 0 Å². The maximum atomic E-state index is 12.2. The zero-order chi connectivity index (χ0) is 17.5. The second-order valence-electron chi connectivity index (χ2n) is 5.06. The van der Waals surface area contributed by atoms with E-state index in [1.165, 1.54) is 16.7 Å². The molecule has 0 aliphatic rings. The summed E-state index contributed by atoms with van der Waals surface area (Å²) >= 11 is 7.35. The normalized spacial score (nSPS) is 10.5. The number of hydrogen-bond donors (Lipinski definition) is 1. The molecule has 0 radical (unpaired) electrons. The van der Waals surface area contributed by atoms with Gasteiger partial charge in [0.25, 0.3) is 0 Å². The van der Waals surface area contributed by atoms with Crippen molar-refractivity contribution < 1.29 is 9.59 Å². The van der Waals surface area contributed by atoms with Crippen molar-refractivity contribution in [3.8, 4) is 0 Å². The number of nitrogens with zero attached hydrogens (tertiary/aromatic N) is 3. The van der Waals surface area contributed by atoms with Crippen molar-refractivity contribution in [2.75, 3.05) is 24.7 Å². The van der Waals surface area contributed by atoms with Gasteiger partial charge in [-0.3, -0.25) is 9.59 Å². The minimum atomic E-state index is -0.293. The fourth-order valence-corrected chi connectivity index (χ4v) is 3.12. The van der Waals surface area contributed by atoms with E-state index in [2.05, 4.69) is 10.3 Å². The van der Waals surface area contributed by atoms with E-state index in [1.54, 1.807) is 37.5 Å². The maximum absolute atomic E-state index is 12.2. The van der Waals surface area contributed by atoms with Gasteiger partial charge in [-0.05, 0) is 19.1 Å². The van der Waals surface area contributed by atoms with Crippen LogP contribution < -0.4 is 5.32 Å². The van der Waals surface area contributed by atoms with Gasteiger partial charge in [0, 0.05) is 26.0 Å². The highest BCUT2D eigenvalue weighted by atomic mass is 35.5. The maximum Gasteiger partial charge on any atom is 0.244 e. The van der Waals surface area contributed by atoms with Gasteiger partial charge in [0.05, 0.1) is 23.0 Å². The van der Waals surface area contributed by atoms with Gasteiger partial charge in [0.1, 0.15) is 0 Å². The lowest BCUT2D eigenvalue weighted by Crippen LogP contribution is -2.36. The molecule has 128 valence electrons. The molecule has 2 rings (SSSR count). The van der Waals surface area contributed by atoms with Crippen LogP contribution in [0.5, 0.6) is 0 Å². The average Bonchev–Trinajstić information content (AvgIpc) is 3.02. The smallest absolute Gasteiger partial charge is 0.244 e. The number of hydrogen-bond acceptors (Lipinski definition) is 4. The van der Waals surface area contributed by atoms with Crippen LogP contribution in [-0.2, 0) is 16.1 Å². The Labute approximate surface area is 150 Å². The third-order valence-electron chi connectivity index (χ3n) is 3.30. The number of rotatable bonds is 7.